The summed E-state index contributed by atoms with van der Waals surface area (Å²) < 4.78 is 13.7. The molecule has 4 heteroatoms. The largest absolute Gasteiger partial charge is 0.491 e. The summed E-state index contributed by atoms with van der Waals surface area (Å²) in [4.78, 5) is 0. The molecule has 0 aliphatic carbocycles. The van der Waals surface area contributed by atoms with Crippen LogP contribution in [0.2, 0.25) is 18.1 Å². The molecular formula is C19H33BrO2Si. The van der Waals surface area contributed by atoms with Crippen LogP contribution in [0.25, 0.3) is 0 Å². The molecule has 1 aromatic rings. The highest BCUT2D eigenvalue weighted by Gasteiger charge is 2.40. The van der Waals surface area contributed by atoms with E-state index >= 15 is 0 Å². The smallest absolute Gasteiger partial charge is 0.192 e. The van der Waals surface area contributed by atoms with Gasteiger partial charge in [0.1, 0.15) is 12.4 Å². The van der Waals surface area contributed by atoms with Gasteiger partial charge in [0.05, 0.1) is 6.10 Å². The molecular weight excluding hydrogens is 368 g/mol. The van der Waals surface area contributed by atoms with E-state index in [4.69, 9.17) is 9.16 Å². The van der Waals surface area contributed by atoms with Crippen molar-refractivity contribution >= 4 is 24.2 Å². The normalized spacial score (nSPS) is 14.7. The fourth-order valence-electron chi connectivity index (χ4n) is 2.16. The summed E-state index contributed by atoms with van der Waals surface area (Å²) >= 11 is 3.49. The van der Waals surface area contributed by atoms with Crippen LogP contribution in [-0.4, -0.2) is 21.0 Å². The Morgan fingerprint density at radius 1 is 1.09 bits per heavy atom. The lowest BCUT2D eigenvalue weighted by Crippen LogP contribution is -2.46. The second-order valence-electron chi connectivity index (χ2n) is 9.03. The van der Waals surface area contributed by atoms with Crippen molar-refractivity contribution in [3.05, 3.63) is 28.7 Å². The van der Waals surface area contributed by atoms with Crippen LogP contribution in [0.3, 0.4) is 0 Å². The number of rotatable bonds is 6. The summed E-state index contributed by atoms with van der Waals surface area (Å²) in [5, 5.41) is 0.207. The van der Waals surface area contributed by atoms with Crippen LogP contribution in [0.15, 0.2) is 28.7 Å². The Morgan fingerprint density at radius 3 is 2.17 bits per heavy atom. The fourth-order valence-corrected chi connectivity index (χ4v) is 3.87. The van der Waals surface area contributed by atoms with Gasteiger partial charge in [0, 0.05) is 4.47 Å². The van der Waals surface area contributed by atoms with Crippen molar-refractivity contribution in [2.75, 3.05) is 6.61 Å². The average Bonchev–Trinajstić information content (AvgIpc) is 2.32. The molecule has 0 heterocycles. The van der Waals surface area contributed by atoms with Gasteiger partial charge in [-0.3, -0.25) is 0 Å². The van der Waals surface area contributed by atoms with Crippen molar-refractivity contribution in [1.29, 1.82) is 0 Å². The Labute approximate surface area is 152 Å². The molecule has 0 radical (unpaired) electrons. The molecule has 0 unspecified atom stereocenters. The van der Waals surface area contributed by atoms with Gasteiger partial charge in [-0.15, -0.1) is 0 Å². The van der Waals surface area contributed by atoms with E-state index in [9.17, 15) is 0 Å². The standard InChI is InChI=1S/C19H33BrO2Si/c1-18(2,3)13-17(22-23(7,8)19(4,5)6)14-21-16-11-9-10-15(20)12-16/h9-12,17H,13-14H2,1-8H3/t17-/m0/s1. The molecule has 0 amide bonds. The molecule has 0 aromatic heterocycles. The third kappa shape index (κ3) is 7.40. The quantitative estimate of drug-likeness (QED) is 0.497. The van der Waals surface area contributed by atoms with Crippen molar-refractivity contribution in [1.82, 2.24) is 0 Å². The monoisotopic (exact) mass is 400 g/mol. The zero-order chi connectivity index (χ0) is 17.9. The Bertz CT molecular complexity index is 501. The Balaban J connectivity index is 2.81. The number of hydrogen-bond donors (Lipinski definition) is 0. The first kappa shape index (κ1) is 20.7. The highest BCUT2D eigenvalue weighted by atomic mass is 79.9. The Morgan fingerprint density at radius 2 is 1.70 bits per heavy atom. The van der Waals surface area contributed by atoms with E-state index in [2.05, 4.69) is 70.6 Å². The van der Waals surface area contributed by atoms with E-state index in [1.165, 1.54) is 0 Å². The molecule has 1 aromatic carbocycles. The van der Waals surface area contributed by atoms with E-state index in [1.54, 1.807) is 0 Å². The van der Waals surface area contributed by atoms with Gasteiger partial charge in [-0.25, -0.2) is 0 Å². The van der Waals surface area contributed by atoms with Gasteiger partial charge in [0.15, 0.2) is 8.32 Å². The highest BCUT2D eigenvalue weighted by Crippen LogP contribution is 2.38. The number of benzene rings is 1. The summed E-state index contributed by atoms with van der Waals surface area (Å²) in [6.07, 6.45) is 1.11. The molecule has 132 valence electrons. The highest BCUT2D eigenvalue weighted by molar-refractivity contribution is 9.10. The Hall–Kier alpha value is -0.323. The van der Waals surface area contributed by atoms with Gasteiger partial charge >= 0.3 is 0 Å². The van der Waals surface area contributed by atoms with Crippen molar-refractivity contribution < 1.29 is 9.16 Å². The van der Waals surface area contributed by atoms with Crippen molar-refractivity contribution in [3.8, 4) is 5.75 Å². The zero-order valence-corrected chi connectivity index (χ0v) is 18.6. The average molecular weight is 401 g/mol. The maximum absolute atomic E-state index is 6.63. The first-order valence-electron chi connectivity index (χ1n) is 8.36. The summed E-state index contributed by atoms with van der Waals surface area (Å²) in [6.45, 7) is 18.8. The van der Waals surface area contributed by atoms with Crippen molar-refractivity contribution in [2.45, 2.75) is 72.2 Å². The lowest BCUT2D eigenvalue weighted by Gasteiger charge is -2.40. The lowest BCUT2D eigenvalue weighted by molar-refractivity contribution is 0.0789. The van der Waals surface area contributed by atoms with Crippen molar-refractivity contribution in [2.24, 2.45) is 5.41 Å². The number of hydrogen-bond acceptors (Lipinski definition) is 2. The molecule has 0 saturated carbocycles. The van der Waals surface area contributed by atoms with E-state index in [0.29, 0.717) is 6.61 Å². The number of ether oxygens (including phenoxy) is 1. The summed E-state index contributed by atoms with van der Waals surface area (Å²) in [6, 6.07) is 7.99. The minimum atomic E-state index is -1.81. The van der Waals surface area contributed by atoms with Gasteiger partial charge < -0.3 is 9.16 Å². The number of halogens is 1. The van der Waals surface area contributed by atoms with Crippen LogP contribution in [0.5, 0.6) is 5.75 Å². The van der Waals surface area contributed by atoms with E-state index in [-0.39, 0.29) is 16.6 Å². The molecule has 0 fully saturated rings. The predicted molar refractivity (Wildman–Crippen MR) is 106 cm³/mol. The molecule has 0 aliphatic heterocycles. The summed E-state index contributed by atoms with van der Waals surface area (Å²) in [5.41, 5.74) is 0.216. The van der Waals surface area contributed by atoms with E-state index in [0.717, 1.165) is 16.6 Å². The first-order valence-corrected chi connectivity index (χ1v) is 12.1. The molecule has 1 rings (SSSR count). The van der Waals surface area contributed by atoms with E-state index < -0.39 is 8.32 Å². The second kappa shape index (κ2) is 7.71. The molecule has 0 N–H and O–H groups in total. The SMILES string of the molecule is CC(C)(C)C[C@@H](COc1cccc(Br)c1)O[Si](C)(C)C(C)(C)C. The van der Waals surface area contributed by atoms with E-state index in [1.807, 2.05) is 24.3 Å². The van der Waals surface area contributed by atoms with Gasteiger partial charge in [-0.05, 0) is 48.2 Å². The minimum Gasteiger partial charge on any atom is -0.491 e. The molecule has 0 saturated heterocycles. The molecule has 23 heavy (non-hydrogen) atoms. The topological polar surface area (TPSA) is 18.5 Å². The minimum absolute atomic E-state index is 0.120. The lowest BCUT2D eigenvalue weighted by atomic mass is 9.89. The summed E-state index contributed by atoms with van der Waals surface area (Å²) in [7, 11) is -1.81. The molecule has 0 spiro atoms. The van der Waals surface area contributed by atoms with Gasteiger partial charge in [-0.2, -0.15) is 0 Å². The van der Waals surface area contributed by atoms with Crippen LogP contribution in [0, 0.1) is 5.41 Å². The third-order valence-electron chi connectivity index (χ3n) is 4.34. The molecule has 1 atom stereocenters. The summed E-state index contributed by atoms with van der Waals surface area (Å²) in [5.74, 6) is 0.886. The molecule has 2 nitrogen and oxygen atoms in total. The van der Waals surface area contributed by atoms with Crippen molar-refractivity contribution in [3.63, 3.8) is 0 Å². The van der Waals surface area contributed by atoms with Crippen LogP contribution in [-0.2, 0) is 4.43 Å². The first-order chi connectivity index (χ1) is 10.3. The van der Waals surface area contributed by atoms with Crippen LogP contribution < -0.4 is 4.74 Å². The van der Waals surface area contributed by atoms with Crippen LogP contribution >= 0.6 is 15.9 Å². The maximum Gasteiger partial charge on any atom is 0.192 e. The van der Waals surface area contributed by atoms with Gasteiger partial charge in [-0.1, -0.05) is 63.5 Å². The van der Waals surface area contributed by atoms with Crippen LogP contribution in [0.1, 0.15) is 48.0 Å². The van der Waals surface area contributed by atoms with Crippen LogP contribution in [0.4, 0.5) is 0 Å². The molecule has 0 aliphatic rings. The van der Waals surface area contributed by atoms with Gasteiger partial charge in [0.25, 0.3) is 0 Å². The third-order valence-corrected chi connectivity index (χ3v) is 9.37. The molecule has 0 bridgehead atoms. The Kier molecular flexibility index (Phi) is 6.94. The zero-order valence-electron chi connectivity index (χ0n) is 16.0. The maximum atomic E-state index is 6.63. The fraction of sp³-hybridized carbons (Fsp3) is 0.684. The predicted octanol–water partition coefficient (Wildman–Crippen LogP) is 6.65. The second-order valence-corrected chi connectivity index (χ2v) is 14.7. The van der Waals surface area contributed by atoms with Gasteiger partial charge in [0.2, 0.25) is 0 Å².